The van der Waals surface area contributed by atoms with Crippen LogP contribution in [0.2, 0.25) is 0 Å². The number of allylic oxidation sites excluding steroid dienone is 1. The number of hydrogen-bond acceptors (Lipinski definition) is 4. The van der Waals surface area contributed by atoms with Crippen molar-refractivity contribution in [2.45, 2.75) is 24.0 Å². The lowest BCUT2D eigenvalue weighted by Crippen LogP contribution is -2.38. The van der Waals surface area contributed by atoms with E-state index in [4.69, 9.17) is 9.47 Å². The number of hydrogen-bond donors (Lipinski definition) is 0. The third-order valence-corrected chi connectivity index (χ3v) is 8.23. The minimum atomic E-state index is -0.254. The lowest BCUT2D eigenvalue weighted by molar-refractivity contribution is -0.141. The second kappa shape index (κ2) is 7.31. The van der Waals surface area contributed by atoms with E-state index in [1.165, 1.54) is 27.2 Å². The van der Waals surface area contributed by atoms with E-state index in [9.17, 15) is 4.79 Å². The molecule has 0 radical (unpaired) electrons. The summed E-state index contributed by atoms with van der Waals surface area (Å²) in [5.41, 5.74) is 6.31. The quantitative estimate of drug-likeness (QED) is 0.363. The molecule has 3 aromatic rings. The second-order valence-corrected chi connectivity index (χ2v) is 9.42. The zero-order valence-corrected chi connectivity index (χ0v) is 18.0. The van der Waals surface area contributed by atoms with Gasteiger partial charge in [0.1, 0.15) is 0 Å². The number of thioether (sulfide) groups is 1. The van der Waals surface area contributed by atoms with Crippen LogP contribution in [0.3, 0.4) is 0 Å². The van der Waals surface area contributed by atoms with Gasteiger partial charge in [-0.25, -0.2) is 0 Å². The summed E-state index contributed by atoms with van der Waals surface area (Å²) in [7, 11) is 1.63. The summed E-state index contributed by atoms with van der Waals surface area (Å²) in [5.74, 6) is 0.795. The van der Waals surface area contributed by atoms with Crippen LogP contribution in [0.4, 0.5) is 0 Å². The molecule has 1 unspecified atom stereocenters. The van der Waals surface area contributed by atoms with E-state index in [1.54, 1.807) is 7.11 Å². The molecule has 2 heterocycles. The highest BCUT2D eigenvalue weighted by Crippen LogP contribution is 2.63. The average molecular weight is 427 g/mol. The van der Waals surface area contributed by atoms with Crippen molar-refractivity contribution in [1.29, 1.82) is 0 Å². The van der Waals surface area contributed by atoms with Crippen LogP contribution >= 0.6 is 11.8 Å². The molecule has 0 fully saturated rings. The summed E-state index contributed by atoms with van der Waals surface area (Å²) in [6, 6.07) is 25.0. The Balaban J connectivity index is 1.61. The van der Waals surface area contributed by atoms with E-state index in [0.717, 1.165) is 18.4 Å². The fraction of sp³-hybridized carbons (Fsp3) is 0.222. The van der Waals surface area contributed by atoms with Crippen molar-refractivity contribution in [3.05, 3.63) is 101 Å². The van der Waals surface area contributed by atoms with Crippen LogP contribution in [0.1, 0.15) is 39.8 Å². The first-order valence-corrected chi connectivity index (χ1v) is 11.6. The van der Waals surface area contributed by atoms with Crippen LogP contribution in [0.15, 0.2) is 78.4 Å². The van der Waals surface area contributed by atoms with Gasteiger partial charge < -0.3 is 9.47 Å². The zero-order chi connectivity index (χ0) is 20.9. The average Bonchev–Trinajstić information content (AvgIpc) is 2.83. The lowest BCUT2D eigenvalue weighted by atomic mass is 9.71. The molecule has 0 bridgehead atoms. The summed E-state index contributed by atoms with van der Waals surface area (Å²) in [6.07, 6.45) is 1.97. The number of benzene rings is 3. The molecule has 0 saturated heterocycles. The fourth-order valence-corrected chi connectivity index (χ4v) is 6.99. The van der Waals surface area contributed by atoms with Crippen molar-refractivity contribution in [2.75, 3.05) is 7.11 Å². The molecule has 0 saturated carbocycles. The third-order valence-electron chi connectivity index (χ3n) is 6.69. The van der Waals surface area contributed by atoms with E-state index >= 15 is 0 Å². The van der Waals surface area contributed by atoms with Crippen LogP contribution in [0.5, 0.6) is 11.5 Å². The van der Waals surface area contributed by atoms with Crippen LogP contribution in [0, 0.1) is 5.92 Å². The maximum Gasteiger partial charge on any atom is 0.316 e. The van der Waals surface area contributed by atoms with Crippen LogP contribution < -0.4 is 9.47 Å². The van der Waals surface area contributed by atoms with E-state index in [0.29, 0.717) is 11.5 Å². The molecule has 3 aromatic carbocycles. The molecule has 0 aromatic heterocycles. The molecule has 31 heavy (non-hydrogen) atoms. The number of ether oxygens (including phenoxy) is 2. The number of para-hydroxylation sites is 1. The van der Waals surface area contributed by atoms with E-state index < -0.39 is 0 Å². The van der Waals surface area contributed by atoms with Gasteiger partial charge in [0, 0.05) is 21.6 Å². The van der Waals surface area contributed by atoms with Crippen molar-refractivity contribution in [2.24, 2.45) is 5.92 Å². The monoisotopic (exact) mass is 426 g/mol. The van der Waals surface area contributed by atoms with Crippen LogP contribution in [-0.4, -0.2) is 13.1 Å². The Hall–Kier alpha value is -2.98. The molecular weight excluding hydrogens is 404 g/mol. The topological polar surface area (TPSA) is 35.5 Å². The molecule has 0 amide bonds. The smallest absolute Gasteiger partial charge is 0.316 e. The molecule has 3 aliphatic rings. The number of esters is 1. The predicted octanol–water partition coefficient (Wildman–Crippen LogP) is 6.16. The van der Waals surface area contributed by atoms with Gasteiger partial charge in [-0.05, 0) is 41.2 Å². The van der Waals surface area contributed by atoms with Gasteiger partial charge in [-0.15, -0.1) is 11.8 Å². The number of aryl methyl sites for hydroxylation is 1. The SMILES string of the molecule is COc1cccc2c1OC(=O)[C@H]1C(c3ccccc3)SC3=C(CCc4ccccc43)[C@@H]21. The number of carbonyl (C=O) groups excluding carboxylic acids is 1. The lowest BCUT2D eigenvalue weighted by Gasteiger charge is -2.44. The van der Waals surface area contributed by atoms with E-state index in [1.807, 2.05) is 30.0 Å². The molecule has 0 N–H and O–H groups in total. The van der Waals surface area contributed by atoms with Crippen LogP contribution in [-0.2, 0) is 11.2 Å². The van der Waals surface area contributed by atoms with Crippen molar-refractivity contribution in [3.8, 4) is 11.5 Å². The van der Waals surface area contributed by atoms with E-state index in [2.05, 4.69) is 54.6 Å². The van der Waals surface area contributed by atoms with E-state index in [-0.39, 0.29) is 23.1 Å². The molecule has 4 heteroatoms. The number of methoxy groups -OCH3 is 1. The van der Waals surface area contributed by atoms with Crippen molar-refractivity contribution in [3.63, 3.8) is 0 Å². The van der Waals surface area contributed by atoms with Crippen molar-refractivity contribution >= 4 is 22.6 Å². The third kappa shape index (κ3) is 2.85. The maximum absolute atomic E-state index is 13.4. The molecule has 2 aliphatic heterocycles. The minimum absolute atomic E-state index is 0.00108. The van der Waals surface area contributed by atoms with Crippen molar-refractivity contribution in [1.82, 2.24) is 0 Å². The number of carbonyl (C=O) groups is 1. The molecule has 0 spiro atoms. The molecule has 6 rings (SSSR count). The van der Waals surface area contributed by atoms with Gasteiger partial charge in [0.15, 0.2) is 11.5 Å². The molecule has 1 aliphatic carbocycles. The Morgan fingerprint density at radius 1 is 0.935 bits per heavy atom. The molecular formula is C27H22O3S. The zero-order valence-electron chi connectivity index (χ0n) is 17.2. The van der Waals surface area contributed by atoms with Gasteiger partial charge in [0.2, 0.25) is 0 Å². The Kier molecular flexibility index (Phi) is 4.43. The van der Waals surface area contributed by atoms with Crippen molar-refractivity contribution < 1.29 is 14.3 Å². The Morgan fingerprint density at radius 3 is 2.58 bits per heavy atom. The first-order valence-electron chi connectivity index (χ1n) is 10.7. The number of fused-ring (bicyclic) bond motifs is 6. The Labute approximate surface area is 186 Å². The summed E-state index contributed by atoms with van der Waals surface area (Å²) in [4.78, 5) is 14.8. The van der Waals surface area contributed by atoms with Gasteiger partial charge in [-0.3, -0.25) is 4.79 Å². The number of rotatable bonds is 2. The maximum atomic E-state index is 13.4. The largest absolute Gasteiger partial charge is 0.493 e. The minimum Gasteiger partial charge on any atom is -0.493 e. The highest BCUT2D eigenvalue weighted by molar-refractivity contribution is 8.08. The highest BCUT2D eigenvalue weighted by atomic mass is 32.2. The molecule has 3 nitrogen and oxygen atoms in total. The second-order valence-electron chi connectivity index (χ2n) is 8.26. The van der Waals surface area contributed by atoms with Gasteiger partial charge in [0.05, 0.1) is 13.0 Å². The van der Waals surface area contributed by atoms with Crippen LogP contribution in [0.25, 0.3) is 4.91 Å². The standard InChI is InChI=1S/C27H22O3S/c1-29-21-13-7-12-19-22-20-15-14-16-8-5-6-11-18(16)26(20)31-25(17-9-3-2-4-10-17)23(22)27(28)30-24(19)21/h2-13,22-23,25H,14-15H2,1H3/t22-,23-,25?/m1/s1. The molecule has 154 valence electrons. The first kappa shape index (κ1) is 18.8. The summed E-state index contributed by atoms with van der Waals surface area (Å²) < 4.78 is 11.5. The Morgan fingerprint density at radius 2 is 1.74 bits per heavy atom. The summed E-state index contributed by atoms with van der Waals surface area (Å²) in [5, 5.41) is 0.00274. The predicted molar refractivity (Wildman–Crippen MR) is 123 cm³/mol. The van der Waals surface area contributed by atoms with Gasteiger partial charge in [-0.1, -0.05) is 66.7 Å². The first-order chi connectivity index (χ1) is 15.3. The normalized spacial score (nSPS) is 23.8. The summed E-state index contributed by atoms with van der Waals surface area (Å²) in [6.45, 7) is 0. The highest BCUT2D eigenvalue weighted by Gasteiger charge is 2.50. The van der Waals surface area contributed by atoms with Gasteiger partial charge in [-0.2, -0.15) is 0 Å². The summed E-state index contributed by atoms with van der Waals surface area (Å²) >= 11 is 1.83. The van der Waals surface area contributed by atoms with Gasteiger partial charge in [0.25, 0.3) is 0 Å². The molecule has 3 atom stereocenters. The van der Waals surface area contributed by atoms with Gasteiger partial charge >= 0.3 is 5.97 Å². The Bertz CT molecular complexity index is 1210. The fourth-order valence-electron chi connectivity index (χ4n) is 5.32.